The molecule has 0 radical (unpaired) electrons. The summed E-state index contributed by atoms with van der Waals surface area (Å²) in [5, 5.41) is 1.13. The van der Waals surface area contributed by atoms with Gasteiger partial charge in [-0.3, -0.25) is 4.79 Å². The summed E-state index contributed by atoms with van der Waals surface area (Å²) in [6.07, 6.45) is 0.0231. The van der Waals surface area contributed by atoms with E-state index in [9.17, 15) is 4.79 Å². The van der Waals surface area contributed by atoms with Crippen LogP contribution in [-0.2, 0) is 11.2 Å². The van der Waals surface area contributed by atoms with E-state index in [4.69, 9.17) is 49.0 Å². The minimum absolute atomic E-state index is 0.0231. The average Bonchev–Trinajstić information content (AvgIpc) is 2.50. The van der Waals surface area contributed by atoms with Crippen molar-refractivity contribution in [1.82, 2.24) is 0 Å². The highest BCUT2D eigenvalue weighted by atomic mass is 35.5. The maximum absolute atomic E-state index is 12.1. The smallest absolute Gasteiger partial charge is 0.315 e. The van der Waals surface area contributed by atoms with Crippen molar-refractivity contribution < 1.29 is 19.0 Å². The van der Waals surface area contributed by atoms with E-state index in [-0.39, 0.29) is 17.2 Å². The lowest BCUT2D eigenvalue weighted by Gasteiger charge is -2.20. The fourth-order valence-corrected chi connectivity index (χ4v) is 2.88. The molecule has 4 nitrogen and oxygen atoms in total. The van der Waals surface area contributed by atoms with E-state index in [0.717, 1.165) is 0 Å². The van der Waals surface area contributed by atoms with Gasteiger partial charge in [0.1, 0.15) is 19.0 Å². The molecule has 0 aromatic heterocycles. The Morgan fingerprint density at radius 3 is 2.61 bits per heavy atom. The number of rotatable bonds is 3. The summed E-state index contributed by atoms with van der Waals surface area (Å²) in [7, 11) is 0. The van der Waals surface area contributed by atoms with Crippen LogP contribution in [0.5, 0.6) is 17.2 Å². The Hall–Kier alpha value is -1.62. The van der Waals surface area contributed by atoms with Crippen LogP contribution in [0.4, 0.5) is 0 Å². The zero-order valence-electron chi connectivity index (χ0n) is 11.8. The molecule has 0 saturated heterocycles. The SMILES string of the molecule is O=C(Cc1cc(Cl)c2c(c1)OCCO2)Oc1ccc(Cl)cc1Cl. The Kier molecular flexibility index (Phi) is 4.85. The molecule has 0 aliphatic carbocycles. The summed E-state index contributed by atoms with van der Waals surface area (Å²) in [6, 6.07) is 8.01. The van der Waals surface area contributed by atoms with Crippen LogP contribution in [0.3, 0.4) is 0 Å². The zero-order chi connectivity index (χ0) is 16.4. The molecule has 0 N–H and O–H groups in total. The first-order valence-corrected chi connectivity index (χ1v) is 7.90. The third-order valence-corrected chi connectivity index (χ3v) is 3.93. The number of benzene rings is 2. The Labute approximate surface area is 147 Å². The standard InChI is InChI=1S/C16H11Cl3O4/c17-10-1-2-13(11(18)8-10)23-15(20)7-9-5-12(19)16-14(6-9)21-3-4-22-16/h1-2,5-6,8H,3-4,7H2. The summed E-state index contributed by atoms with van der Waals surface area (Å²) < 4.78 is 16.2. The molecular weight excluding hydrogens is 363 g/mol. The molecule has 0 saturated carbocycles. The number of esters is 1. The predicted molar refractivity (Wildman–Crippen MR) is 88.2 cm³/mol. The van der Waals surface area contributed by atoms with Crippen molar-refractivity contribution in [3.05, 3.63) is 51.0 Å². The highest BCUT2D eigenvalue weighted by Gasteiger charge is 2.18. The topological polar surface area (TPSA) is 44.8 Å². The first kappa shape index (κ1) is 16.2. The van der Waals surface area contributed by atoms with Crippen molar-refractivity contribution in [2.75, 3.05) is 13.2 Å². The van der Waals surface area contributed by atoms with Gasteiger partial charge in [0.25, 0.3) is 0 Å². The predicted octanol–water partition coefficient (Wildman–Crippen LogP) is 4.57. The first-order valence-electron chi connectivity index (χ1n) is 6.76. The second-order valence-electron chi connectivity index (χ2n) is 4.83. The van der Waals surface area contributed by atoms with Crippen molar-refractivity contribution in [1.29, 1.82) is 0 Å². The van der Waals surface area contributed by atoms with Gasteiger partial charge in [0.15, 0.2) is 11.5 Å². The summed E-state index contributed by atoms with van der Waals surface area (Å²) in [6.45, 7) is 0.890. The molecule has 120 valence electrons. The van der Waals surface area contributed by atoms with Crippen LogP contribution >= 0.6 is 34.8 Å². The van der Waals surface area contributed by atoms with Crippen molar-refractivity contribution in [2.45, 2.75) is 6.42 Å². The molecule has 2 aromatic rings. The third-order valence-electron chi connectivity index (χ3n) is 3.12. The molecule has 23 heavy (non-hydrogen) atoms. The molecule has 3 rings (SSSR count). The van der Waals surface area contributed by atoms with E-state index in [2.05, 4.69) is 0 Å². The quantitative estimate of drug-likeness (QED) is 0.584. The van der Waals surface area contributed by atoms with E-state index >= 15 is 0 Å². The van der Waals surface area contributed by atoms with Crippen LogP contribution in [0.25, 0.3) is 0 Å². The Balaban J connectivity index is 1.74. The van der Waals surface area contributed by atoms with Crippen LogP contribution < -0.4 is 14.2 Å². The first-order chi connectivity index (χ1) is 11.0. The minimum Gasteiger partial charge on any atom is -0.486 e. The van der Waals surface area contributed by atoms with E-state index < -0.39 is 5.97 Å². The second kappa shape index (κ2) is 6.87. The Morgan fingerprint density at radius 1 is 1.04 bits per heavy atom. The van der Waals surface area contributed by atoms with Crippen molar-refractivity contribution in [3.8, 4) is 17.2 Å². The Morgan fingerprint density at radius 2 is 1.83 bits per heavy atom. The average molecular weight is 374 g/mol. The molecule has 0 spiro atoms. The molecular formula is C16H11Cl3O4. The van der Waals surface area contributed by atoms with E-state index in [1.807, 2.05) is 0 Å². The van der Waals surface area contributed by atoms with Gasteiger partial charge < -0.3 is 14.2 Å². The monoisotopic (exact) mass is 372 g/mol. The molecule has 1 aliphatic rings. The number of carbonyl (C=O) groups is 1. The number of hydrogen-bond donors (Lipinski definition) is 0. The third kappa shape index (κ3) is 3.83. The van der Waals surface area contributed by atoms with Gasteiger partial charge in [-0.05, 0) is 35.9 Å². The highest BCUT2D eigenvalue weighted by Crippen LogP contribution is 2.38. The number of halogens is 3. The molecule has 0 bridgehead atoms. The maximum atomic E-state index is 12.1. The highest BCUT2D eigenvalue weighted by molar-refractivity contribution is 6.35. The molecule has 0 unspecified atom stereocenters. The van der Waals surface area contributed by atoms with Gasteiger partial charge >= 0.3 is 5.97 Å². The summed E-state index contributed by atoms with van der Waals surface area (Å²) in [5.74, 6) is 0.804. The molecule has 1 aliphatic heterocycles. The lowest BCUT2D eigenvalue weighted by Crippen LogP contribution is -2.17. The fraction of sp³-hybridized carbons (Fsp3) is 0.188. The summed E-state index contributed by atoms with van der Waals surface area (Å²) in [4.78, 5) is 12.1. The van der Waals surface area contributed by atoms with Gasteiger partial charge in [-0.2, -0.15) is 0 Å². The fourth-order valence-electron chi connectivity index (χ4n) is 2.15. The van der Waals surface area contributed by atoms with E-state index in [0.29, 0.717) is 40.3 Å². The second-order valence-corrected chi connectivity index (χ2v) is 6.08. The number of ether oxygens (including phenoxy) is 3. The van der Waals surface area contributed by atoms with Gasteiger partial charge in [-0.15, -0.1) is 0 Å². The van der Waals surface area contributed by atoms with E-state index in [1.165, 1.54) is 6.07 Å². The van der Waals surface area contributed by atoms with Crippen LogP contribution in [0, 0.1) is 0 Å². The van der Waals surface area contributed by atoms with Gasteiger partial charge in [0, 0.05) is 5.02 Å². The molecule has 0 fully saturated rings. The van der Waals surface area contributed by atoms with Crippen LogP contribution in [0.15, 0.2) is 30.3 Å². The molecule has 0 atom stereocenters. The lowest BCUT2D eigenvalue weighted by atomic mass is 10.1. The van der Waals surface area contributed by atoms with Crippen molar-refractivity contribution >= 4 is 40.8 Å². The van der Waals surface area contributed by atoms with Gasteiger partial charge in [0.05, 0.1) is 16.5 Å². The van der Waals surface area contributed by atoms with Gasteiger partial charge in [-0.1, -0.05) is 34.8 Å². The summed E-state index contributed by atoms with van der Waals surface area (Å²) >= 11 is 17.9. The lowest BCUT2D eigenvalue weighted by molar-refractivity contribution is -0.133. The van der Waals surface area contributed by atoms with Crippen LogP contribution in [-0.4, -0.2) is 19.2 Å². The molecule has 0 amide bonds. The summed E-state index contributed by atoms with van der Waals surface area (Å²) in [5.41, 5.74) is 0.661. The van der Waals surface area contributed by atoms with Crippen LogP contribution in [0.2, 0.25) is 15.1 Å². The number of hydrogen-bond acceptors (Lipinski definition) is 4. The molecule has 2 aromatic carbocycles. The zero-order valence-corrected chi connectivity index (χ0v) is 14.0. The normalized spacial score (nSPS) is 12.8. The molecule has 7 heteroatoms. The largest absolute Gasteiger partial charge is 0.486 e. The van der Waals surface area contributed by atoms with Crippen molar-refractivity contribution in [3.63, 3.8) is 0 Å². The van der Waals surface area contributed by atoms with Crippen LogP contribution in [0.1, 0.15) is 5.56 Å². The number of carbonyl (C=O) groups excluding carboxylic acids is 1. The van der Waals surface area contributed by atoms with Crippen molar-refractivity contribution in [2.24, 2.45) is 0 Å². The van der Waals surface area contributed by atoms with Gasteiger partial charge in [0.2, 0.25) is 0 Å². The molecule has 1 heterocycles. The van der Waals surface area contributed by atoms with Gasteiger partial charge in [-0.25, -0.2) is 0 Å². The van der Waals surface area contributed by atoms with E-state index in [1.54, 1.807) is 24.3 Å². The Bertz CT molecular complexity index is 761. The number of fused-ring (bicyclic) bond motifs is 1. The minimum atomic E-state index is -0.470. The maximum Gasteiger partial charge on any atom is 0.315 e.